The molecular formula is C24H39FIN5O. The average Bonchev–Trinajstić information content (AvgIpc) is 3.22. The number of rotatable bonds is 7. The Hall–Kier alpha value is -1.42. The monoisotopic (exact) mass is 559 g/mol. The maximum atomic E-state index is 13.7. The topological polar surface area (TPSA) is 60.0 Å². The summed E-state index contributed by atoms with van der Waals surface area (Å²) in [5, 5.41) is 6.83. The lowest BCUT2D eigenvalue weighted by Crippen LogP contribution is -2.46. The van der Waals surface area contributed by atoms with E-state index in [0.717, 1.165) is 50.4 Å². The Kier molecular flexibility index (Phi) is 11.2. The molecule has 2 fully saturated rings. The molecule has 2 N–H and O–H groups in total. The Morgan fingerprint density at radius 3 is 2.66 bits per heavy atom. The van der Waals surface area contributed by atoms with Crippen LogP contribution < -0.4 is 10.6 Å². The Morgan fingerprint density at radius 2 is 2.00 bits per heavy atom. The second kappa shape index (κ2) is 13.3. The van der Waals surface area contributed by atoms with Crippen LogP contribution in [0.25, 0.3) is 0 Å². The zero-order chi connectivity index (χ0) is 22.2. The fourth-order valence-corrected chi connectivity index (χ4v) is 4.66. The van der Waals surface area contributed by atoms with Gasteiger partial charge in [-0.05, 0) is 58.0 Å². The lowest BCUT2D eigenvalue weighted by molar-refractivity contribution is -0.135. The van der Waals surface area contributed by atoms with Gasteiger partial charge in [-0.3, -0.25) is 9.79 Å². The van der Waals surface area contributed by atoms with E-state index in [2.05, 4.69) is 15.5 Å². The second-order valence-electron chi connectivity index (χ2n) is 9.00. The highest BCUT2D eigenvalue weighted by atomic mass is 127. The van der Waals surface area contributed by atoms with Gasteiger partial charge in [0.1, 0.15) is 5.82 Å². The van der Waals surface area contributed by atoms with E-state index in [9.17, 15) is 9.18 Å². The van der Waals surface area contributed by atoms with Crippen LogP contribution in [0.1, 0.15) is 57.1 Å². The van der Waals surface area contributed by atoms with Crippen molar-refractivity contribution in [3.8, 4) is 0 Å². The highest BCUT2D eigenvalue weighted by Crippen LogP contribution is 2.27. The summed E-state index contributed by atoms with van der Waals surface area (Å²) in [6, 6.07) is 6.91. The molecule has 2 atom stereocenters. The highest BCUT2D eigenvalue weighted by molar-refractivity contribution is 14.0. The van der Waals surface area contributed by atoms with Crippen molar-refractivity contribution in [2.45, 2.75) is 57.5 Å². The number of likely N-dealkylation sites (N-methyl/N-ethyl adjacent to an activating group) is 1. The van der Waals surface area contributed by atoms with E-state index in [1.807, 2.05) is 32.0 Å². The van der Waals surface area contributed by atoms with E-state index in [1.54, 1.807) is 12.1 Å². The summed E-state index contributed by atoms with van der Waals surface area (Å²) < 4.78 is 13.7. The van der Waals surface area contributed by atoms with E-state index in [4.69, 9.17) is 4.99 Å². The molecule has 2 aliphatic rings. The molecule has 3 rings (SSSR count). The first-order valence-electron chi connectivity index (χ1n) is 11.7. The number of halogens is 2. The number of nitrogens with one attached hydrogen (secondary N) is 2. The fourth-order valence-electron chi connectivity index (χ4n) is 4.66. The summed E-state index contributed by atoms with van der Waals surface area (Å²) in [7, 11) is 3.97. The molecule has 1 aliphatic heterocycles. The van der Waals surface area contributed by atoms with E-state index in [-0.39, 0.29) is 47.8 Å². The summed E-state index contributed by atoms with van der Waals surface area (Å²) in [6.07, 6.45) is 6.65. The first kappa shape index (κ1) is 26.8. The lowest BCUT2D eigenvalue weighted by atomic mass is 9.88. The molecule has 1 aromatic carbocycles. The Labute approximate surface area is 209 Å². The molecule has 6 nitrogen and oxygen atoms in total. The zero-order valence-electron chi connectivity index (χ0n) is 19.6. The van der Waals surface area contributed by atoms with E-state index in [1.165, 1.54) is 25.3 Å². The number of carbonyl (C=O) groups excluding carboxylic acids is 1. The molecule has 1 saturated heterocycles. The number of carbonyl (C=O) groups is 1. The van der Waals surface area contributed by atoms with Crippen LogP contribution in [0.5, 0.6) is 0 Å². The first-order chi connectivity index (χ1) is 15.0. The molecule has 1 aliphatic carbocycles. The molecule has 0 bridgehead atoms. The van der Waals surface area contributed by atoms with Crippen molar-refractivity contribution in [2.24, 2.45) is 10.9 Å². The van der Waals surface area contributed by atoms with E-state index >= 15 is 0 Å². The summed E-state index contributed by atoms with van der Waals surface area (Å²) in [4.78, 5) is 21.7. The van der Waals surface area contributed by atoms with Crippen LogP contribution in [0.2, 0.25) is 0 Å². The van der Waals surface area contributed by atoms with Crippen molar-refractivity contribution in [3.05, 3.63) is 35.6 Å². The largest absolute Gasteiger partial charge is 0.357 e. The number of guanidine groups is 1. The molecule has 2 unspecified atom stereocenters. The van der Waals surface area contributed by atoms with Crippen LogP contribution in [-0.4, -0.2) is 68.0 Å². The van der Waals surface area contributed by atoms with Gasteiger partial charge in [0.05, 0.1) is 12.6 Å². The molecule has 0 aromatic heterocycles. The highest BCUT2D eigenvalue weighted by Gasteiger charge is 2.31. The second-order valence-corrected chi connectivity index (χ2v) is 9.00. The summed E-state index contributed by atoms with van der Waals surface area (Å²) >= 11 is 0. The zero-order valence-corrected chi connectivity index (χ0v) is 22.0. The minimum atomic E-state index is -0.230. The molecule has 0 spiro atoms. The van der Waals surface area contributed by atoms with Gasteiger partial charge in [0.15, 0.2) is 5.96 Å². The van der Waals surface area contributed by atoms with Crippen molar-refractivity contribution in [1.29, 1.82) is 0 Å². The number of likely N-dealkylation sites (tertiary alicyclic amines) is 1. The summed E-state index contributed by atoms with van der Waals surface area (Å²) in [5.41, 5.74) is 0.912. The number of benzene rings is 1. The van der Waals surface area contributed by atoms with Crippen LogP contribution in [0.15, 0.2) is 29.3 Å². The average molecular weight is 560 g/mol. The molecule has 1 amide bonds. The third-order valence-electron chi connectivity index (χ3n) is 6.42. The SMILES string of the molecule is CCNC(=NCC(c1cccc(F)c1)N(C)C)NC1CCN(C(=O)C2CCCCC2)C1.I. The van der Waals surface area contributed by atoms with Gasteiger partial charge >= 0.3 is 0 Å². The van der Waals surface area contributed by atoms with E-state index < -0.39 is 0 Å². The first-order valence-corrected chi connectivity index (χ1v) is 11.7. The molecule has 32 heavy (non-hydrogen) atoms. The minimum absolute atomic E-state index is 0. The van der Waals surface area contributed by atoms with E-state index in [0.29, 0.717) is 12.5 Å². The van der Waals surface area contributed by atoms with Gasteiger partial charge in [-0.1, -0.05) is 31.4 Å². The van der Waals surface area contributed by atoms with Gasteiger partial charge in [-0.15, -0.1) is 24.0 Å². The van der Waals surface area contributed by atoms with Crippen LogP contribution in [0.3, 0.4) is 0 Å². The fraction of sp³-hybridized carbons (Fsp3) is 0.667. The van der Waals surface area contributed by atoms with Crippen LogP contribution in [0, 0.1) is 11.7 Å². The Morgan fingerprint density at radius 1 is 1.25 bits per heavy atom. The van der Waals surface area contributed by atoms with Crippen molar-refractivity contribution < 1.29 is 9.18 Å². The van der Waals surface area contributed by atoms with Gasteiger partial charge in [-0.2, -0.15) is 0 Å². The third kappa shape index (κ3) is 7.57. The molecule has 1 saturated carbocycles. The molecule has 1 aromatic rings. The van der Waals surface area contributed by atoms with Gasteiger partial charge in [0.25, 0.3) is 0 Å². The van der Waals surface area contributed by atoms with Crippen LogP contribution in [-0.2, 0) is 4.79 Å². The molecule has 0 radical (unpaired) electrons. The quantitative estimate of drug-likeness (QED) is 0.304. The maximum Gasteiger partial charge on any atom is 0.225 e. The Balaban J connectivity index is 0.00000363. The third-order valence-corrected chi connectivity index (χ3v) is 6.42. The Bertz CT molecular complexity index is 754. The molecule has 8 heteroatoms. The normalized spacial score (nSPS) is 20.7. The summed E-state index contributed by atoms with van der Waals surface area (Å²) in [6.45, 7) is 4.87. The maximum absolute atomic E-state index is 13.7. The molecule has 1 heterocycles. The minimum Gasteiger partial charge on any atom is -0.357 e. The number of hydrogen-bond donors (Lipinski definition) is 2. The van der Waals surface area contributed by atoms with Gasteiger partial charge in [0, 0.05) is 31.6 Å². The molecule has 180 valence electrons. The van der Waals surface area contributed by atoms with Crippen molar-refractivity contribution in [2.75, 3.05) is 40.3 Å². The number of nitrogens with zero attached hydrogens (tertiary/aromatic N) is 3. The number of amides is 1. The number of hydrogen-bond acceptors (Lipinski definition) is 3. The predicted molar refractivity (Wildman–Crippen MR) is 139 cm³/mol. The lowest BCUT2D eigenvalue weighted by Gasteiger charge is -2.26. The summed E-state index contributed by atoms with van der Waals surface area (Å²) in [5.74, 6) is 1.08. The number of aliphatic imine (C=N–C) groups is 1. The van der Waals surface area contributed by atoms with Gasteiger partial charge < -0.3 is 20.4 Å². The van der Waals surface area contributed by atoms with Gasteiger partial charge in [0.2, 0.25) is 5.91 Å². The van der Waals surface area contributed by atoms with Gasteiger partial charge in [-0.25, -0.2) is 4.39 Å². The smallest absolute Gasteiger partial charge is 0.225 e. The van der Waals surface area contributed by atoms with Crippen LogP contribution >= 0.6 is 24.0 Å². The predicted octanol–water partition coefficient (Wildman–Crippen LogP) is 3.78. The van der Waals surface area contributed by atoms with Crippen molar-refractivity contribution in [1.82, 2.24) is 20.4 Å². The van der Waals surface area contributed by atoms with Crippen LogP contribution in [0.4, 0.5) is 4.39 Å². The van der Waals surface area contributed by atoms with Crippen molar-refractivity contribution >= 4 is 35.8 Å². The molecular weight excluding hydrogens is 520 g/mol. The standard InChI is InChI=1S/C24H38FN5O.HI/c1-4-26-24(27-16-22(29(2)3)19-11-8-12-20(25)15-19)28-21-13-14-30(17-21)23(31)18-9-6-5-7-10-18;/h8,11-12,15,18,21-22H,4-7,9-10,13-14,16-17H2,1-3H3,(H2,26,27,28);1H. The van der Waals surface area contributed by atoms with Crippen molar-refractivity contribution in [3.63, 3.8) is 0 Å².